The fourth-order valence-corrected chi connectivity index (χ4v) is 3.47. The molecule has 1 aliphatic heterocycles. The first-order chi connectivity index (χ1) is 8.32. The van der Waals surface area contributed by atoms with Crippen LogP contribution in [0.25, 0.3) is 0 Å². The number of rotatable bonds is 2. The second-order valence-electron chi connectivity index (χ2n) is 4.03. The molecule has 0 amide bonds. The Morgan fingerprint density at radius 3 is 2.33 bits per heavy atom. The maximum absolute atomic E-state index is 13.0. The molecule has 8 heteroatoms. The van der Waals surface area contributed by atoms with E-state index in [9.17, 15) is 23.0 Å². The molecule has 1 saturated heterocycles. The lowest BCUT2D eigenvalue weighted by Crippen LogP contribution is -2.30. The Morgan fingerprint density at radius 2 is 1.83 bits per heavy atom. The number of hydrogen-bond donors (Lipinski definition) is 2. The summed E-state index contributed by atoms with van der Waals surface area (Å²) in [5.41, 5.74) is 0. The number of hydrogen-bond acceptors (Lipinski definition) is 4. The van der Waals surface area contributed by atoms with Gasteiger partial charge in [-0.05, 0) is 18.2 Å². The quantitative estimate of drug-likeness (QED) is 0.817. The molecule has 2 N–H and O–H groups in total. The minimum Gasteiger partial charge on any atom is -0.389 e. The average molecular weight is 296 g/mol. The second kappa shape index (κ2) is 4.75. The van der Waals surface area contributed by atoms with Crippen LogP contribution in [0.3, 0.4) is 0 Å². The van der Waals surface area contributed by atoms with Gasteiger partial charge in [0, 0.05) is 13.1 Å². The topological polar surface area (TPSA) is 77.8 Å². The predicted molar refractivity (Wildman–Crippen MR) is 62.2 cm³/mol. The van der Waals surface area contributed by atoms with Gasteiger partial charge in [0.05, 0.1) is 22.1 Å². The highest BCUT2D eigenvalue weighted by atomic mass is 35.5. The summed E-state index contributed by atoms with van der Waals surface area (Å²) in [4.78, 5) is -0.171. The largest absolute Gasteiger partial charge is 0.389 e. The molecule has 2 atom stereocenters. The third kappa shape index (κ3) is 2.36. The van der Waals surface area contributed by atoms with Gasteiger partial charge in [-0.25, -0.2) is 12.8 Å². The van der Waals surface area contributed by atoms with Crippen molar-refractivity contribution in [1.82, 2.24) is 4.31 Å². The minimum atomic E-state index is -3.88. The molecule has 0 spiro atoms. The van der Waals surface area contributed by atoms with Gasteiger partial charge in [-0.2, -0.15) is 4.31 Å². The van der Waals surface area contributed by atoms with E-state index >= 15 is 0 Å². The van der Waals surface area contributed by atoms with Gasteiger partial charge in [0.25, 0.3) is 0 Å². The lowest BCUT2D eigenvalue weighted by molar-refractivity contribution is 0.0572. The summed E-state index contributed by atoms with van der Waals surface area (Å²) in [6.07, 6.45) is -2.23. The summed E-state index contributed by atoms with van der Waals surface area (Å²) in [7, 11) is -3.88. The van der Waals surface area contributed by atoms with Crippen LogP contribution in [0.5, 0.6) is 0 Å². The monoisotopic (exact) mass is 295 g/mol. The van der Waals surface area contributed by atoms with E-state index < -0.39 is 28.0 Å². The maximum Gasteiger partial charge on any atom is 0.243 e. The van der Waals surface area contributed by atoms with Crippen molar-refractivity contribution in [3.05, 3.63) is 29.0 Å². The summed E-state index contributed by atoms with van der Waals surface area (Å²) in [6.45, 7) is -0.392. The molecule has 2 rings (SSSR count). The summed E-state index contributed by atoms with van der Waals surface area (Å²) in [5.74, 6) is -0.711. The molecule has 18 heavy (non-hydrogen) atoms. The van der Waals surface area contributed by atoms with Crippen molar-refractivity contribution in [2.45, 2.75) is 17.1 Å². The second-order valence-corrected chi connectivity index (χ2v) is 6.38. The number of halogens is 2. The number of aliphatic hydroxyl groups excluding tert-OH is 2. The van der Waals surface area contributed by atoms with E-state index in [4.69, 9.17) is 11.6 Å². The Morgan fingerprint density at radius 1 is 1.28 bits per heavy atom. The molecule has 0 aliphatic carbocycles. The van der Waals surface area contributed by atoms with Crippen molar-refractivity contribution in [1.29, 1.82) is 0 Å². The Kier molecular flexibility index (Phi) is 3.61. The van der Waals surface area contributed by atoms with Crippen molar-refractivity contribution in [2.24, 2.45) is 0 Å². The molecule has 1 aromatic rings. The average Bonchev–Trinajstić information content (AvgIpc) is 2.64. The Bertz CT molecular complexity index is 555. The highest BCUT2D eigenvalue weighted by Gasteiger charge is 2.37. The van der Waals surface area contributed by atoms with Crippen LogP contribution in [0.4, 0.5) is 4.39 Å². The van der Waals surface area contributed by atoms with Crippen LogP contribution in [0.15, 0.2) is 23.1 Å². The van der Waals surface area contributed by atoms with Crippen LogP contribution < -0.4 is 0 Å². The van der Waals surface area contributed by atoms with Gasteiger partial charge in [-0.3, -0.25) is 0 Å². The number of β-amino-alcohol motifs (C(OH)–C–C–N with tert-alkyl or cyclic N) is 2. The van der Waals surface area contributed by atoms with Crippen LogP contribution in [-0.2, 0) is 10.0 Å². The highest BCUT2D eigenvalue weighted by molar-refractivity contribution is 7.89. The van der Waals surface area contributed by atoms with E-state index in [2.05, 4.69) is 0 Å². The van der Waals surface area contributed by atoms with Crippen LogP contribution >= 0.6 is 11.6 Å². The van der Waals surface area contributed by atoms with Crippen LogP contribution in [0.2, 0.25) is 5.02 Å². The first kappa shape index (κ1) is 13.7. The van der Waals surface area contributed by atoms with Crippen LogP contribution in [-0.4, -0.2) is 48.2 Å². The summed E-state index contributed by atoms with van der Waals surface area (Å²) >= 11 is 5.53. The third-order valence-electron chi connectivity index (χ3n) is 2.75. The number of sulfonamides is 1. The van der Waals surface area contributed by atoms with Gasteiger partial charge in [0.1, 0.15) is 5.82 Å². The summed E-state index contributed by atoms with van der Waals surface area (Å²) in [5, 5.41) is 18.4. The Labute approximate surface area is 108 Å². The standard InChI is InChI=1S/C10H11ClFNO4S/c11-7-3-6(1-2-8(7)12)18(16,17)13-4-9(14)10(15)5-13/h1-3,9-10,14-15H,4-5H2/t9-,10+. The molecule has 1 heterocycles. The van der Waals surface area contributed by atoms with E-state index in [-0.39, 0.29) is 23.0 Å². The van der Waals surface area contributed by atoms with Gasteiger partial charge in [-0.1, -0.05) is 11.6 Å². The van der Waals surface area contributed by atoms with E-state index in [0.29, 0.717) is 0 Å². The number of benzene rings is 1. The zero-order chi connectivity index (χ0) is 13.5. The minimum absolute atomic E-state index is 0.171. The van der Waals surface area contributed by atoms with E-state index in [1.54, 1.807) is 0 Å². The lowest BCUT2D eigenvalue weighted by Gasteiger charge is -2.15. The normalized spacial score (nSPS) is 25.6. The number of aliphatic hydroxyl groups is 2. The molecule has 0 unspecified atom stereocenters. The van der Waals surface area contributed by atoms with Gasteiger partial charge in [0.15, 0.2) is 0 Å². The Balaban J connectivity index is 2.34. The molecule has 0 saturated carbocycles. The van der Waals surface area contributed by atoms with Gasteiger partial charge < -0.3 is 10.2 Å². The molecular weight excluding hydrogens is 285 g/mol. The SMILES string of the molecule is O=S(=O)(c1ccc(F)c(Cl)c1)N1C[C@@H](O)[C@@H](O)C1. The molecule has 5 nitrogen and oxygen atoms in total. The smallest absolute Gasteiger partial charge is 0.243 e. The molecule has 0 bridgehead atoms. The first-order valence-corrected chi connectivity index (χ1v) is 6.95. The molecule has 0 aromatic heterocycles. The highest BCUT2D eigenvalue weighted by Crippen LogP contribution is 2.25. The lowest BCUT2D eigenvalue weighted by atomic mass is 10.3. The maximum atomic E-state index is 13.0. The van der Waals surface area contributed by atoms with Gasteiger partial charge >= 0.3 is 0 Å². The van der Waals surface area contributed by atoms with Gasteiger partial charge in [0.2, 0.25) is 10.0 Å². The molecule has 0 radical (unpaired) electrons. The molecular formula is C10H11ClFNO4S. The Hall–Kier alpha value is -0.730. The van der Waals surface area contributed by atoms with Crippen molar-refractivity contribution in [3.8, 4) is 0 Å². The molecule has 100 valence electrons. The molecule has 1 fully saturated rings. The summed E-state index contributed by atoms with van der Waals surface area (Å²) in [6, 6.07) is 3.05. The zero-order valence-electron chi connectivity index (χ0n) is 9.12. The molecule has 1 aliphatic rings. The molecule has 1 aromatic carbocycles. The predicted octanol–water partition coefficient (Wildman–Crippen LogP) is 0.205. The van der Waals surface area contributed by atoms with Crippen molar-refractivity contribution >= 4 is 21.6 Å². The third-order valence-corrected chi connectivity index (χ3v) is 4.87. The van der Waals surface area contributed by atoms with Crippen molar-refractivity contribution in [2.75, 3.05) is 13.1 Å². The van der Waals surface area contributed by atoms with E-state index in [0.717, 1.165) is 22.5 Å². The summed E-state index contributed by atoms with van der Waals surface area (Å²) < 4.78 is 38.1. The van der Waals surface area contributed by atoms with E-state index in [1.165, 1.54) is 0 Å². The van der Waals surface area contributed by atoms with Crippen LogP contribution in [0, 0.1) is 5.82 Å². The fourth-order valence-electron chi connectivity index (χ4n) is 1.72. The fraction of sp³-hybridized carbons (Fsp3) is 0.400. The van der Waals surface area contributed by atoms with Gasteiger partial charge in [-0.15, -0.1) is 0 Å². The first-order valence-electron chi connectivity index (χ1n) is 5.13. The number of nitrogens with zero attached hydrogens (tertiary/aromatic N) is 1. The zero-order valence-corrected chi connectivity index (χ0v) is 10.7. The van der Waals surface area contributed by atoms with Crippen molar-refractivity contribution in [3.63, 3.8) is 0 Å². The van der Waals surface area contributed by atoms with E-state index in [1.807, 2.05) is 0 Å². The van der Waals surface area contributed by atoms with Crippen molar-refractivity contribution < 1.29 is 23.0 Å². The van der Waals surface area contributed by atoms with Crippen LogP contribution in [0.1, 0.15) is 0 Å².